The van der Waals surface area contributed by atoms with E-state index in [4.69, 9.17) is 28.9 Å². The minimum absolute atomic E-state index is 0.00280. The Balaban J connectivity index is 2.40. The number of aromatic nitrogens is 1. The van der Waals surface area contributed by atoms with Gasteiger partial charge in [-0.05, 0) is 36.8 Å². The van der Waals surface area contributed by atoms with Gasteiger partial charge in [0.2, 0.25) is 0 Å². The van der Waals surface area contributed by atoms with Gasteiger partial charge in [-0.2, -0.15) is 0 Å². The summed E-state index contributed by atoms with van der Waals surface area (Å²) in [4.78, 5) is 3.88. The number of pyridine rings is 1. The van der Waals surface area contributed by atoms with Crippen molar-refractivity contribution < 1.29 is 8.42 Å². The summed E-state index contributed by atoms with van der Waals surface area (Å²) in [6.07, 6.45) is 1.54. The van der Waals surface area contributed by atoms with E-state index in [-0.39, 0.29) is 21.4 Å². The van der Waals surface area contributed by atoms with Crippen molar-refractivity contribution in [2.45, 2.75) is 11.8 Å². The summed E-state index contributed by atoms with van der Waals surface area (Å²) in [5.41, 5.74) is 6.77. The van der Waals surface area contributed by atoms with Gasteiger partial charge in [0.15, 0.2) is 5.15 Å². The first-order valence-electron chi connectivity index (χ1n) is 5.49. The van der Waals surface area contributed by atoms with Crippen LogP contribution in [-0.4, -0.2) is 13.4 Å². The normalized spacial score (nSPS) is 11.3. The Bertz CT molecular complexity index is 763. The number of nitrogens with zero attached hydrogens (tertiary/aromatic N) is 1. The minimum atomic E-state index is -3.80. The number of benzene rings is 1. The number of nitrogens with two attached hydrogens (primary N) is 1. The standard InChI is InChI=1S/C12H11Cl2N3O2S/c1-7-4-11(12(14)16-6-7)17-20(18,19)8-2-3-9(13)10(15)5-8/h2-6,17H,15H2,1H3. The van der Waals surface area contributed by atoms with Crippen LogP contribution in [0.2, 0.25) is 10.2 Å². The van der Waals surface area contributed by atoms with E-state index in [0.717, 1.165) is 5.56 Å². The molecule has 106 valence electrons. The fourth-order valence-electron chi connectivity index (χ4n) is 1.52. The van der Waals surface area contributed by atoms with Crippen LogP contribution in [0.4, 0.5) is 11.4 Å². The highest BCUT2D eigenvalue weighted by molar-refractivity contribution is 7.92. The van der Waals surface area contributed by atoms with E-state index in [0.29, 0.717) is 5.02 Å². The molecule has 0 unspecified atom stereocenters. The van der Waals surface area contributed by atoms with E-state index in [2.05, 4.69) is 9.71 Å². The topological polar surface area (TPSA) is 85.1 Å². The van der Waals surface area contributed by atoms with E-state index in [1.807, 2.05) is 0 Å². The highest BCUT2D eigenvalue weighted by Gasteiger charge is 2.17. The van der Waals surface area contributed by atoms with Crippen LogP contribution in [0.1, 0.15) is 5.56 Å². The van der Waals surface area contributed by atoms with Crippen molar-refractivity contribution in [2.75, 3.05) is 10.5 Å². The fraction of sp³-hybridized carbons (Fsp3) is 0.0833. The lowest BCUT2D eigenvalue weighted by atomic mass is 10.3. The first kappa shape index (κ1) is 14.9. The Hall–Kier alpha value is -1.50. The molecule has 2 aromatic rings. The quantitative estimate of drug-likeness (QED) is 0.668. The van der Waals surface area contributed by atoms with Crippen molar-refractivity contribution in [3.05, 3.63) is 46.2 Å². The van der Waals surface area contributed by atoms with Crippen LogP contribution in [0.3, 0.4) is 0 Å². The van der Waals surface area contributed by atoms with Crippen molar-refractivity contribution in [1.82, 2.24) is 4.98 Å². The van der Waals surface area contributed by atoms with Crippen molar-refractivity contribution in [2.24, 2.45) is 0 Å². The molecule has 0 aliphatic carbocycles. The number of aryl methyl sites for hydroxylation is 1. The van der Waals surface area contributed by atoms with Crippen LogP contribution in [0.5, 0.6) is 0 Å². The molecule has 1 heterocycles. The number of hydrogen-bond donors (Lipinski definition) is 2. The second-order valence-electron chi connectivity index (χ2n) is 4.14. The van der Waals surface area contributed by atoms with Gasteiger partial charge >= 0.3 is 0 Å². The maximum absolute atomic E-state index is 12.2. The number of sulfonamides is 1. The lowest BCUT2D eigenvalue weighted by molar-refractivity contribution is 0.601. The monoisotopic (exact) mass is 331 g/mol. The molecule has 0 amide bonds. The third kappa shape index (κ3) is 3.15. The molecule has 0 aliphatic rings. The fourth-order valence-corrected chi connectivity index (χ4v) is 2.93. The smallest absolute Gasteiger partial charge is 0.262 e. The van der Waals surface area contributed by atoms with Crippen molar-refractivity contribution >= 4 is 44.6 Å². The highest BCUT2D eigenvalue weighted by Crippen LogP contribution is 2.26. The van der Waals surface area contributed by atoms with Gasteiger partial charge in [-0.3, -0.25) is 4.72 Å². The van der Waals surface area contributed by atoms with Gasteiger partial charge in [0.1, 0.15) is 0 Å². The van der Waals surface area contributed by atoms with Crippen LogP contribution >= 0.6 is 23.2 Å². The second kappa shape index (κ2) is 5.47. The molecule has 0 saturated carbocycles. The van der Waals surface area contributed by atoms with E-state index in [9.17, 15) is 8.42 Å². The predicted molar refractivity (Wildman–Crippen MR) is 80.7 cm³/mol. The molecule has 0 radical (unpaired) electrons. The van der Waals surface area contributed by atoms with Crippen LogP contribution in [0.15, 0.2) is 35.4 Å². The second-order valence-corrected chi connectivity index (χ2v) is 6.59. The zero-order chi connectivity index (χ0) is 14.9. The Labute approximate surface area is 126 Å². The zero-order valence-electron chi connectivity index (χ0n) is 10.4. The molecule has 8 heteroatoms. The van der Waals surface area contributed by atoms with E-state index in [1.165, 1.54) is 18.2 Å². The van der Waals surface area contributed by atoms with Gasteiger partial charge in [0.25, 0.3) is 10.0 Å². The zero-order valence-corrected chi connectivity index (χ0v) is 12.7. The first-order chi connectivity index (χ1) is 9.29. The summed E-state index contributed by atoms with van der Waals surface area (Å²) in [5, 5.41) is 0.361. The van der Waals surface area contributed by atoms with Gasteiger partial charge < -0.3 is 5.73 Å². The van der Waals surface area contributed by atoms with Gasteiger partial charge in [0.05, 0.1) is 21.3 Å². The summed E-state index contributed by atoms with van der Waals surface area (Å²) in [5.74, 6) is 0. The Kier molecular flexibility index (Phi) is 4.08. The molecule has 0 bridgehead atoms. The number of nitrogen functional groups attached to an aromatic ring is 1. The Morgan fingerprint density at radius 1 is 1.25 bits per heavy atom. The molecule has 0 spiro atoms. The maximum Gasteiger partial charge on any atom is 0.262 e. The Morgan fingerprint density at radius 3 is 2.60 bits per heavy atom. The first-order valence-corrected chi connectivity index (χ1v) is 7.73. The van der Waals surface area contributed by atoms with Crippen LogP contribution < -0.4 is 10.5 Å². The molecular formula is C12H11Cl2N3O2S. The molecule has 1 aromatic heterocycles. The number of halogens is 2. The molecule has 1 aromatic carbocycles. The number of nitrogens with one attached hydrogen (secondary N) is 1. The van der Waals surface area contributed by atoms with E-state index in [1.54, 1.807) is 19.2 Å². The Morgan fingerprint density at radius 2 is 1.95 bits per heavy atom. The SMILES string of the molecule is Cc1cnc(Cl)c(NS(=O)(=O)c2ccc(Cl)c(N)c2)c1. The molecule has 5 nitrogen and oxygen atoms in total. The van der Waals surface area contributed by atoms with Crippen molar-refractivity contribution in [3.8, 4) is 0 Å². The molecule has 0 fully saturated rings. The largest absolute Gasteiger partial charge is 0.397 e. The average Bonchev–Trinajstić information content (AvgIpc) is 2.36. The number of rotatable bonds is 3. The number of anilines is 2. The van der Waals surface area contributed by atoms with Crippen LogP contribution in [-0.2, 0) is 10.0 Å². The lowest BCUT2D eigenvalue weighted by Crippen LogP contribution is -2.14. The van der Waals surface area contributed by atoms with Crippen LogP contribution in [0.25, 0.3) is 0 Å². The predicted octanol–water partition coefficient (Wildman–Crippen LogP) is 3.08. The van der Waals surface area contributed by atoms with Gasteiger partial charge in [-0.15, -0.1) is 0 Å². The molecule has 20 heavy (non-hydrogen) atoms. The number of hydrogen-bond acceptors (Lipinski definition) is 4. The van der Waals surface area contributed by atoms with E-state index < -0.39 is 10.0 Å². The summed E-state index contributed by atoms with van der Waals surface area (Å²) in [6, 6.07) is 5.65. The molecule has 0 aliphatic heterocycles. The molecule has 2 rings (SSSR count). The molecule has 0 atom stereocenters. The third-order valence-corrected chi connectivity index (χ3v) is 4.51. The van der Waals surface area contributed by atoms with Gasteiger partial charge in [0, 0.05) is 6.20 Å². The van der Waals surface area contributed by atoms with Gasteiger partial charge in [-0.25, -0.2) is 13.4 Å². The molecule has 3 N–H and O–H groups in total. The maximum atomic E-state index is 12.2. The summed E-state index contributed by atoms with van der Waals surface area (Å²) >= 11 is 11.6. The van der Waals surface area contributed by atoms with Crippen molar-refractivity contribution in [3.63, 3.8) is 0 Å². The summed E-state index contributed by atoms with van der Waals surface area (Å²) < 4.78 is 26.8. The highest BCUT2D eigenvalue weighted by atomic mass is 35.5. The molecule has 0 saturated heterocycles. The van der Waals surface area contributed by atoms with E-state index >= 15 is 0 Å². The molecular weight excluding hydrogens is 321 g/mol. The average molecular weight is 332 g/mol. The van der Waals surface area contributed by atoms with Gasteiger partial charge in [-0.1, -0.05) is 23.2 Å². The minimum Gasteiger partial charge on any atom is -0.397 e. The lowest BCUT2D eigenvalue weighted by Gasteiger charge is -2.10. The summed E-state index contributed by atoms with van der Waals surface area (Å²) in [6.45, 7) is 1.78. The van der Waals surface area contributed by atoms with Crippen molar-refractivity contribution in [1.29, 1.82) is 0 Å². The van der Waals surface area contributed by atoms with Crippen LogP contribution in [0, 0.1) is 6.92 Å². The third-order valence-electron chi connectivity index (χ3n) is 2.50. The summed E-state index contributed by atoms with van der Waals surface area (Å²) in [7, 11) is -3.80.